The first-order chi connectivity index (χ1) is 15.7. The Hall–Kier alpha value is -2.78. The third-order valence-corrected chi connectivity index (χ3v) is 7.17. The predicted molar refractivity (Wildman–Crippen MR) is 128 cm³/mol. The van der Waals surface area contributed by atoms with E-state index in [-0.39, 0.29) is 23.9 Å². The highest BCUT2D eigenvalue weighted by Crippen LogP contribution is 2.37. The highest BCUT2D eigenvalue weighted by Gasteiger charge is 2.35. The molecule has 4 rings (SSSR count). The van der Waals surface area contributed by atoms with Gasteiger partial charge in [0.15, 0.2) is 6.10 Å². The van der Waals surface area contributed by atoms with Crippen LogP contribution in [-0.2, 0) is 14.8 Å². The average Bonchev–Trinajstić information content (AvgIpc) is 3.07. The molecule has 2 aliphatic rings. The fraction of sp³-hybridized carbons (Fsp3) is 0.391. The van der Waals surface area contributed by atoms with Gasteiger partial charge in [0.05, 0.1) is 29.7 Å². The van der Waals surface area contributed by atoms with Crippen LogP contribution in [0.4, 0.5) is 11.4 Å². The highest BCUT2D eigenvalue weighted by molar-refractivity contribution is 7.92. The van der Waals surface area contributed by atoms with Gasteiger partial charge in [-0.3, -0.25) is 13.9 Å². The maximum Gasteiger partial charge on any atom is 0.267 e. The summed E-state index contributed by atoms with van der Waals surface area (Å²) in [6.45, 7) is 1.17. The Morgan fingerprint density at radius 2 is 1.76 bits per heavy atom. The van der Waals surface area contributed by atoms with E-state index in [1.807, 2.05) is 4.90 Å². The minimum atomic E-state index is -3.68. The quantitative estimate of drug-likeness (QED) is 0.706. The molecule has 1 unspecified atom stereocenters. The zero-order valence-electron chi connectivity index (χ0n) is 18.3. The van der Waals surface area contributed by atoms with Crippen molar-refractivity contribution in [3.05, 3.63) is 53.1 Å². The number of carbonyl (C=O) groups is 2. The Morgan fingerprint density at radius 3 is 2.45 bits per heavy atom. The topological polar surface area (TPSA) is 96.0 Å². The van der Waals surface area contributed by atoms with E-state index in [0.29, 0.717) is 29.4 Å². The van der Waals surface area contributed by atoms with Crippen molar-refractivity contribution in [3.8, 4) is 5.75 Å². The Morgan fingerprint density at radius 1 is 1.06 bits per heavy atom. The van der Waals surface area contributed by atoms with Crippen molar-refractivity contribution >= 4 is 44.8 Å². The highest BCUT2D eigenvalue weighted by atomic mass is 35.5. The van der Waals surface area contributed by atoms with Crippen molar-refractivity contribution in [1.82, 2.24) is 4.90 Å². The second-order valence-corrected chi connectivity index (χ2v) is 10.6. The lowest BCUT2D eigenvalue weighted by atomic mass is 10.1. The molecule has 0 aromatic heterocycles. The molecule has 0 bridgehead atoms. The van der Waals surface area contributed by atoms with Gasteiger partial charge in [0.1, 0.15) is 5.75 Å². The summed E-state index contributed by atoms with van der Waals surface area (Å²) in [6, 6.07) is 11.4. The molecule has 1 N–H and O–H groups in total. The van der Waals surface area contributed by atoms with Gasteiger partial charge in [-0.15, -0.1) is 0 Å². The summed E-state index contributed by atoms with van der Waals surface area (Å²) in [6.07, 6.45) is 4.08. The molecule has 0 radical (unpaired) electrons. The van der Waals surface area contributed by atoms with Crippen LogP contribution >= 0.6 is 11.6 Å². The molecule has 0 aliphatic carbocycles. The van der Waals surface area contributed by atoms with Gasteiger partial charge in [-0.25, -0.2) is 8.42 Å². The summed E-state index contributed by atoms with van der Waals surface area (Å²) in [7, 11) is -3.68. The molecule has 1 atom stereocenters. The maximum atomic E-state index is 13.2. The molecular weight excluding hydrogens is 466 g/mol. The zero-order chi connectivity index (χ0) is 23.6. The molecule has 10 heteroatoms. The van der Waals surface area contributed by atoms with Gasteiger partial charge in [-0.2, -0.15) is 0 Å². The van der Waals surface area contributed by atoms with E-state index in [2.05, 4.69) is 5.32 Å². The standard InChI is InChI=1S/C23H26ClN3O5S/c1-33(30,31)27-15-21(32-20-11-10-16(24)14-19(20)27)22(28)25-18-9-5-4-8-17(18)23(29)26-12-6-2-3-7-13-26/h4-5,8-11,14,21H,2-3,6-7,12-13,15H2,1H3,(H,25,28). The molecule has 1 fully saturated rings. The third-order valence-electron chi connectivity index (χ3n) is 5.79. The van der Waals surface area contributed by atoms with Crippen LogP contribution in [0.5, 0.6) is 5.75 Å². The number of nitrogens with one attached hydrogen (secondary N) is 1. The van der Waals surface area contributed by atoms with Crippen molar-refractivity contribution in [2.75, 3.05) is 35.5 Å². The lowest BCUT2D eigenvalue weighted by Crippen LogP contribution is -2.48. The zero-order valence-corrected chi connectivity index (χ0v) is 19.9. The van der Waals surface area contributed by atoms with E-state index in [1.165, 1.54) is 12.1 Å². The van der Waals surface area contributed by atoms with Gasteiger partial charge in [0.2, 0.25) is 10.0 Å². The molecule has 0 spiro atoms. The van der Waals surface area contributed by atoms with E-state index >= 15 is 0 Å². The number of fused-ring (bicyclic) bond motifs is 1. The number of hydrogen-bond donors (Lipinski definition) is 1. The second kappa shape index (κ2) is 9.61. The lowest BCUT2D eigenvalue weighted by molar-refractivity contribution is -0.122. The van der Waals surface area contributed by atoms with Gasteiger partial charge >= 0.3 is 0 Å². The fourth-order valence-corrected chi connectivity index (χ4v) is 5.18. The Labute approximate surface area is 198 Å². The minimum absolute atomic E-state index is 0.130. The number of carbonyl (C=O) groups excluding carboxylic acids is 2. The minimum Gasteiger partial charge on any atom is -0.476 e. The van der Waals surface area contributed by atoms with Crippen molar-refractivity contribution in [1.29, 1.82) is 0 Å². The number of para-hydroxylation sites is 1. The van der Waals surface area contributed by atoms with Crippen molar-refractivity contribution < 1.29 is 22.7 Å². The normalized spacial score (nSPS) is 18.7. The number of rotatable bonds is 4. The first kappa shape index (κ1) is 23.4. The van der Waals surface area contributed by atoms with Gasteiger partial charge in [0, 0.05) is 18.1 Å². The van der Waals surface area contributed by atoms with Crippen LogP contribution in [0, 0.1) is 0 Å². The van der Waals surface area contributed by atoms with Gasteiger partial charge < -0.3 is 15.0 Å². The number of sulfonamides is 1. The van der Waals surface area contributed by atoms with Crippen LogP contribution in [-0.4, -0.2) is 57.1 Å². The van der Waals surface area contributed by atoms with Crippen molar-refractivity contribution in [3.63, 3.8) is 0 Å². The Balaban J connectivity index is 1.57. The van der Waals surface area contributed by atoms with E-state index in [9.17, 15) is 18.0 Å². The van der Waals surface area contributed by atoms with Crippen LogP contribution in [0.2, 0.25) is 5.02 Å². The number of likely N-dealkylation sites (tertiary alicyclic amines) is 1. The number of amides is 2. The molecule has 2 heterocycles. The van der Waals surface area contributed by atoms with Crippen LogP contribution < -0.4 is 14.4 Å². The molecule has 0 saturated carbocycles. The summed E-state index contributed by atoms with van der Waals surface area (Å²) in [5, 5.41) is 3.13. The molecular formula is C23H26ClN3O5S. The number of hydrogen-bond acceptors (Lipinski definition) is 5. The smallest absolute Gasteiger partial charge is 0.267 e. The number of halogens is 1. The van der Waals surface area contributed by atoms with Crippen LogP contribution in [0.1, 0.15) is 36.0 Å². The van der Waals surface area contributed by atoms with Crippen LogP contribution in [0.3, 0.4) is 0 Å². The largest absolute Gasteiger partial charge is 0.476 e. The first-order valence-corrected chi connectivity index (χ1v) is 13.1. The molecule has 176 valence electrons. The number of anilines is 2. The summed E-state index contributed by atoms with van der Waals surface area (Å²) < 4.78 is 31.7. The van der Waals surface area contributed by atoms with Crippen LogP contribution in [0.25, 0.3) is 0 Å². The fourth-order valence-electron chi connectivity index (χ4n) is 4.11. The van der Waals surface area contributed by atoms with Crippen molar-refractivity contribution in [2.24, 2.45) is 0 Å². The third kappa shape index (κ3) is 5.25. The summed E-state index contributed by atoms with van der Waals surface area (Å²) in [5.74, 6) is -0.430. The van der Waals surface area contributed by atoms with E-state index in [4.69, 9.17) is 16.3 Å². The predicted octanol–water partition coefficient (Wildman–Crippen LogP) is 3.52. The first-order valence-electron chi connectivity index (χ1n) is 10.9. The average molecular weight is 492 g/mol. The molecule has 1 saturated heterocycles. The summed E-state index contributed by atoms with van der Waals surface area (Å²) in [5.41, 5.74) is 1.05. The Bertz CT molecular complexity index is 1160. The van der Waals surface area contributed by atoms with E-state index in [1.54, 1.807) is 30.3 Å². The monoisotopic (exact) mass is 491 g/mol. The molecule has 2 aliphatic heterocycles. The SMILES string of the molecule is CS(=O)(=O)N1CC(C(=O)Nc2ccccc2C(=O)N2CCCCCC2)Oc2ccc(Cl)cc21. The van der Waals surface area contributed by atoms with Gasteiger partial charge in [0.25, 0.3) is 11.8 Å². The van der Waals surface area contributed by atoms with Crippen LogP contribution in [0.15, 0.2) is 42.5 Å². The van der Waals surface area contributed by atoms with Gasteiger partial charge in [-0.05, 0) is 43.2 Å². The van der Waals surface area contributed by atoms with Crippen molar-refractivity contribution in [2.45, 2.75) is 31.8 Å². The molecule has 8 nitrogen and oxygen atoms in total. The molecule has 2 amide bonds. The number of nitrogens with zero attached hydrogens (tertiary/aromatic N) is 2. The lowest BCUT2D eigenvalue weighted by Gasteiger charge is -2.34. The van der Waals surface area contributed by atoms with Gasteiger partial charge in [-0.1, -0.05) is 36.6 Å². The second-order valence-electron chi connectivity index (χ2n) is 8.25. The Kier molecular flexibility index (Phi) is 6.81. The van der Waals surface area contributed by atoms with E-state index in [0.717, 1.165) is 36.2 Å². The number of benzene rings is 2. The summed E-state index contributed by atoms with van der Waals surface area (Å²) >= 11 is 6.03. The number of ether oxygens (including phenoxy) is 1. The molecule has 33 heavy (non-hydrogen) atoms. The maximum absolute atomic E-state index is 13.2. The van der Waals surface area contributed by atoms with E-state index < -0.39 is 22.0 Å². The summed E-state index contributed by atoms with van der Waals surface area (Å²) in [4.78, 5) is 28.1. The molecule has 2 aromatic carbocycles. The molecule has 2 aromatic rings.